The highest BCUT2D eigenvalue weighted by Gasteiger charge is 2.48. The Morgan fingerprint density at radius 2 is 2.00 bits per heavy atom. The van der Waals surface area contributed by atoms with Gasteiger partial charge >= 0.3 is 0 Å². The van der Waals surface area contributed by atoms with Crippen LogP contribution in [0.5, 0.6) is 0 Å². The minimum absolute atomic E-state index is 0.144. The van der Waals surface area contributed by atoms with Gasteiger partial charge in [0.15, 0.2) is 0 Å². The zero-order valence-corrected chi connectivity index (χ0v) is 13.7. The highest BCUT2D eigenvalue weighted by atomic mass is 19.1. The van der Waals surface area contributed by atoms with Crippen LogP contribution >= 0.6 is 0 Å². The standard InChI is InChI=1S/C18H25FN2O2/c1-14(22)13-20-8-10-21(11-9-20)17(23)18(6-3-7-18)15-4-2-5-16(19)12-15/h2,4-5,12,14,22H,3,6-11,13H2,1H3. The largest absolute Gasteiger partial charge is 0.392 e. The van der Waals surface area contributed by atoms with Crippen molar-refractivity contribution >= 4 is 5.91 Å². The normalized spacial score (nSPS) is 22.5. The lowest BCUT2D eigenvalue weighted by Crippen LogP contribution is -2.57. The van der Waals surface area contributed by atoms with Crippen LogP contribution in [0.2, 0.25) is 0 Å². The van der Waals surface area contributed by atoms with E-state index >= 15 is 0 Å². The first-order valence-corrected chi connectivity index (χ1v) is 8.47. The van der Waals surface area contributed by atoms with Gasteiger partial charge in [-0.25, -0.2) is 4.39 Å². The Hall–Kier alpha value is -1.46. The third-order valence-corrected chi connectivity index (χ3v) is 5.18. The molecule has 1 aromatic carbocycles. The molecule has 1 amide bonds. The average molecular weight is 320 g/mol. The Morgan fingerprint density at radius 1 is 1.30 bits per heavy atom. The summed E-state index contributed by atoms with van der Waals surface area (Å²) in [6, 6.07) is 6.51. The van der Waals surface area contributed by atoms with Crippen LogP contribution in [0.3, 0.4) is 0 Å². The molecule has 5 heteroatoms. The Kier molecular flexibility index (Phi) is 4.69. The lowest BCUT2D eigenvalue weighted by atomic mass is 9.63. The van der Waals surface area contributed by atoms with Crippen LogP contribution in [0.15, 0.2) is 24.3 Å². The quantitative estimate of drug-likeness (QED) is 0.919. The van der Waals surface area contributed by atoms with E-state index in [0.29, 0.717) is 19.6 Å². The summed E-state index contributed by atoms with van der Waals surface area (Å²) in [7, 11) is 0. The molecule has 2 aliphatic rings. The van der Waals surface area contributed by atoms with Gasteiger partial charge in [0.05, 0.1) is 11.5 Å². The number of aliphatic hydroxyl groups is 1. The molecule has 0 aromatic heterocycles. The van der Waals surface area contributed by atoms with Crippen molar-refractivity contribution in [1.82, 2.24) is 9.80 Å². The van der Waals surface area contributed by atoms with Crippen LogP contribution in [-0.4, -0.2) is 59.6 Å². The fourth-order valence-electron chi connectivity index (χ4n) is 3.75. The van der Waals surface area contributed by atoms with Gasteiger partial charge in [0.2, 0.25) is 5.91 Å². The molecule has 0 spiro atoms. The predicted octanol–water partition coefficient (Wildman–Crippen LogP) is 1.77. The lowest BCUT2D eigenvalue weighted by molar-refractivity contribution is -0.142. The molecule has 3 rings (SSSR count). The van der Waals surface area contributed by atoms with E-state index in [4.69, 9.17) is 0 Å². The van der Waals surface area contributed by atoms with Crippen LogP contribution in [0.4, 0.5) is 4.39 Å². The number of hydrogen-bond donors (Lipinski definition) is 1. The first kappa shape index (κ1) is 16.4. The van der Waals surface area contributed by atoms with Crippen LogP contribution in [0.25, 0.3) is 0 Å². The van der Waals surface area contributed by atoms with Crippen molar-refractivity contribution in [2.24, 2.45) is 0 Å². The second kappa shape index (κ2) is 6.57. The SMILES string of the molecule is CC(O)CN1CCN(C(=O)C2(c3cccc(F)c3)CCC2)CC1. The van der Waals surface area contributed by atoms with Crippen molar-refractivity contribution in [2.45, 2.75) is 37.7 Å². The highest BCUT2D eigenvalue weighted by Crippen LogP contribution is 2.45. The first-order valence-electron chi connectivity index (χ1n) is 8.47. The summed E-state index contributed by atoms with van der Waals surface area (Å²) in [6.07, 6.45) is 2.29. The summed E-state index contributed by atoms with van der Waals surface area (Å²) in [5, 5.41) is 9.47. The third-order valence-electron chi connectivity index (χ3n) is 5.18. The van der Waals surface area contributed by atoms with Gasteiger partial charge in [-0.1, -0.05) is 18.6 Å². The van der Waals surface area contributed by atoms with Crippen molar-refractivity contribution in [1.29, 1.82) is 0 Å². The maximum Gasteiger partial charge on any atom is 0.233 e. The number of halogens is 1. The molecule has 0 radical (unpaired) electrons. The summed E-state index contributed by atoms with van der Waals surface area (Å²) in [5.41, 5.74) is 0.300. The van der Waals surface area contributed by atoms with Gasteiger partial charge in [0.25, 0.3) is 0 Å². The molecule has 2 fully saturated rings. The van der Waals surface area contributed by atoms with E-state index in [2.05, 4.69) is 4.90 Å². The Bertz CT molecular complexity index is 564. The molecule has 23 heavy (non-hydrogen) atoms. The van der Waals surface area contributed by atoms with Gasteiger partial charge in [-0.3, -0.25) is 9.69 Å². The maximum atomic E-state index is 13.6. The lowest BCUT2D eigenvalue weighted by Gasteiger charge is -2.46. The summed E-state index contributed by atoms with van der Waals surface area (Å²) in [5.74, 6) is -0.130. The zero-order valence-electron chi connectivity index (χ0n) is 13.7. The van der Waals surface area contributed by atoms with E-state index in [1.54, 1.807) is 13.0 Å². The number of hydrogen-bond acceptors (Lipinski definition) is 3. The Labute approximate surface area is 136 Å². The first-order chi connectivity index (χ1) is 11.0. The van der Waals surface area contributed by atoms with Crippen molar-refractivity contribution in [3.05, 3.63) is 35.6 Å². The number of nitrogens with zero attached hydrogens (tertiary/aromatic N) is 2. The monoisotopic (exact) mass is 320 g/mol. The van der Waals surface area contributed by atoms with Gasteiger partial charge in [-0.15, -0.1) is 0 Å². The molecule has 1 N–H and O–H groups in total. The number of amides is 1. The summed E-state index contributed by atoms with van der Waals surface area (Å²) < 4.78 is 13.6. The van der Waals surface area contributed by atoms with Crippen LogP contribution < -0.4 is 0 Å². The molecule has 4 nitrogen and oxygen atoms in total. The van der Waals surface area contributed by atoms with Crippen molar-refractivity contribution in [2.75, 3.05) is 32.7 Å². The predicted molar refractivity (Wildman–Crippen MR) is 86.6 cm³/mol. The molecule has 1 saturated carbocycles. The van der Waals surface area contributed by atoms with E-state index in [-0.39, 0.29) is 17.8 Å². The average Bonchev–Trinajstić information content (AvgIpc) is 2.46. The van der Waals surface area contributed by atoms with E-state index < -0.39 is 5.41 Å². The Balaban J connectivity index is 1.70. The van der Waals surface area contributed by atoms with Crippen LogP contribution in [0, 0.1) is 5.82 Å². The second-order valence-corrected chi connectivity index (χ2v) is 6.89. The minimum Gasteiger partial charge on any atom is -0.392 e. The van der Waals surface area contributed by atoms with E-state index in [1.807, 2.05) is 11.0 Å². The number of rotatable bonds is 4. The maximum absolute atomic E-state index is 13.6. The molecule has 1 heterocycles. The number of aliphatic hydroxyl groups excluding tert-OH is 1. The number of β-amino-alcohol motifs (C(OH)–C–C–N with tert-alkyl or cyclic N) is 1. The molecule has 1 aliphatic carbocycles. The number of carbonyl (C=O) groups is 1. The molecule has 1 aliphatic heterocycles. The van der Waals surface area contributed by atoms with Crippen molar-refractivity contribution < 1.29 is 14.3 Å². The van der Waals surface area contributed by atoms with Crippen molar-refractivity contribution in [3.63, 3.8) is 0 Å². The third kappa shape index (κ3) is 3.26. The summed E-state index contributed by atoms with van der Waals surface area (Å²) in [6.45, 7) is 5.37. The van der Waals surface area contributed by atoms with Gasteiger partial charge < -0.3 is 10.0 Å². The molecular weight excluding hydrogens is 295 g/mol. The van der Waals surface area contributed by atoms with Gasteiger partial charge in [-0.2, -0.15) is 0 Å². The fourth-order valence-corrected chi connectivity index (χ4v) is 3.75. The molecule has 0 bridgehead atoms. The van der Waals surface area contributed by atoms with E-state index in [9.17, 15) is 14.3 Å². The number of piperazine rings is 1. The van der Waals surface area contributed by atoms with Crippen LogP contribution in [0.1, 0.15) is 31.7 Å². The van der Waals surface area contributed by atoms with E-state index in [0.717, 1.165) is 37.9 Å². The number of benzene rings is 1. The topological polar surface area (TPSA) is 43.8 Å². The van der Waals surface area contributed by atoms with Gasteiger partial charge in [0, 0.05) is 32.7 Å². The molecule has 1 aromatic rings. The molecule has 1 saturated heterocycles. The summed E-state index contributed by atoms with van der Waals surface area (Å²) >= 11 is 0. The molecule has 126 valence electrons. The second-order valence-electron chi connectivity index (χ2n) is 6.89. The molecular formula is C18H25FN2O2. The smallest absolute Gasteiger partial charge is 0.233 e. The molecule has 1 unspecified atom stereocenters. The molecule has 1 atom stereocenters. The number of carbonyl (C=O) groups excluding carboxylic acids is 1. The highest BCUT2D eigenvalue weighted by molar-refractivity contribution is 5.89. The van der Waals surface area contributed by atoms with Gasteiger partial charge in [0.1, 0.15) is 5.82 Å². The Morgan fingerprint density at radius 3 is 2.52 bits per heavy atom. The van der Waals surface area contributed by atoms with Gasteiger partial charge in [-0.05, 0) is 37.5 Å². The van der Waals surface area contributed by atoms with Crippen LogP contribution in [-0.2, 0) is 10.2 Å². The summed E-state index contributed by atoms with van der Waals surface area (Å²) in [4.78, 5) is 17.2. The zero-order chi connectivity index (χ0) is 16.4. The van der Waals surface area contributed by atoms with Crippen molar-refractivity contribution in [3.8, 4) is 0 Å². The van der Waals surface area contributed by atoms with E-state index in [1.165, 1.54) is 12.1 Å². The fraction of sp³-hybridized carbons (Fsp3) is 0.611. The minimum atomic E-state index is -0.519.